The van der Waals surface area contributed by atoms with Gasteiger partial charge in [-0.2, -0.15) is 17.1 Å². The predicted molar refractivity (Wildman–Crippen MR) is 206 cm³/mol. The van der Waals surface area contributed by atoms with Crippen molar-refractivity contribution in [1.82, 2.24) is 9.55 Å². The summed E-state index contributed by atoms with van der Waals surface area (Å²) in [7, 11) is 0. The summed E-state index contributed by atoms with van der Waals surface area (Å²) in [5.74, 6) is 1.96. The Bertz CT molecular complexity index is 2560. The molecule has 0 aliphatic carbocycles. The summed E-state index contributed by atoms with van der Waals surface area (Å²) in [5.41, 5.74) is 9.17. The number of benzene rings is 6. The quantitative estimate of drug-likeness (QED) is 0.123. The summed E-state index contributed by atoms with van der Waals surface area (Å²) in [4.78, 5) is 9.87. The number of pyridine rings is 1. The Hall–Kier alpha value is -5.68. The van der Waals surface area contributed by atoms with Crippen LogP contribution in [0.1, 0.15) is 20.8 Å². The molecule has 258 valence electrons. The van der Waals surface area contributed by atoms with Gasteiger partial charge in [0.2, 0.25) is 0 Å². The zero-order valence-electron chi connectivity index (χ0n) is 28.9. The van der Waals surface area contributed by atoms with Crippen LogP contribution in [0.25, 0.3) is 49.9 Å². The minimum Gasteiger partial charge on any atom is -0.509 e. The normalized spacial score (nSPS) is 12.6. The number of para-hydroxylation sites is 3. The Morgan fingerprint density at radius 2 is 1.31 bits per heavy atom. The van der Waals surface area contributed by atoms with Crippen molar-refractivity contribution in [3.63, 3.8) is 0 Å². The molecule has 0 amide bonds. The fraction of sp³-hybridized carbons (Fsp3) is 0.0889. The molecule has 0 bridgehead atoms. The van der Waals surface area contributed by atoms with Crippen LogP contribution in [0.4, 0.5) is 17.1 Å². The molecule has 0 radical (unpaired) electrons. The third-order valence-corrected chi connectivity index (χ3v) is 9.21. The van der Waals surface area contributed by atoms with Crippen LogP contribution in [0.3, 0.4) is 0 Å². The smallest absolute Gasteiger partial charge is 0.145 e. The van der Waals surface area contributed by atoms with E-state index in [-0.39, 0.29) is 26.6 Å². The van der Waals surface area contributed by atoms with E-state index >= 15 is 0 Å². The van der Waals surface area contributed by atoms with E-state index in [4.69, 9.17) is 14.7 Å². The predicted octanol–water partition coefficient (Wildman–Crippen LogP) is 11.5. The van der Waals surface area contributed by atoms with Gasteiger partial charge in [0.15, 0.2) is 0 Å². The number of ether oxygens (including phenoxy) is 1. The number of hydrogen-bond donors (Lipinski definition) is 0. The number of nitrogens with zero attached hydrogens (tertiary/aromatic N) is 4. The Morgan fingerprint density at radius 1 is 0.615 bits per heavy atom. The Kier molecular flexibility index (Phi) is 8.66. The van der Waals surface area contributed by atoms with Gasteiger partial charge in [0, 0.05) is 50.0 Å². The average Bonchev–Trinajstić information content (AvgIpc) is 3.72. The number of hydrogen-bond acceptors (Lipinski definition) is 4. The van der Waals surface area contributed by atoms with Gasteiger partial charge < -0.3 is 9.30 Å². The molecule has 1 aliphatic heterocycles. The Morgan fingerprint density at radius 3 is 2.12 bits per heavy atom. The SMILES string of the molecule is CC(C)(C)N1[OH+]N(c2[c-]c(Oc3[c-]c4c(cc3)c3ccccc3n4-c3cc(-c4ccccc4-c4ccccc4)ccn3)ccc2)c2ccccc21.[Pt]. The van der Waals surface area contributed by atoms with E-state index in [9.17, 15) is 0 Å². The fourth-order valence-corrected chi connectivity index (χ4v) is 6.90. The van der Waals surface area contributed by atoms with Gasteiger partial charge in [-0.25, -0.2) is 4.98 Å². The summed E-state index contributed by atoms with van der Waals surface area (Å²) < 4.78 is 8.66. The molecule has 52 heavy (non-hydrogen) atoms. The zero-order chi connectivity index (χ0) is 34.5. The molecule has 0 saturated heterocycles. The molecular weight excluding hydrogens is 824 g/mol. The van der Waals surface area contributed by atoms with Crippen LogP contribution in [0.2, 0.25) is 0 Å². The second-order valence-corrected chi connectivity index (χ2v) is 13.6. The summed E-state index contributed by atoms with van der Waals surface area (Å²) in [6.45, 7) is 6.46. The maximum atomic E-state index is 6.49. The van der Waals surface area contributed by atoms with Crippen LogP contribution in [0.5, 0.6) is 11.5 Å². The summed E-state index contributed by atoms with van der Waals surface area (Å²) in [6, 6.07) is 56.9. The van der Waals surface area contributed by atoms with Crippen molar-refractivity contribution < 1.29 is 30.7 Å². The van der Waals surface area contributed by atoms with Crippen molar-refractivity contribution >= 4 is 38.9 Å². The molecule has 0 spiro atoms. The number of aromatic nitrogens is 2. The summed E-state index contributed by atoms with van der Waals surface area (Å²) in [6.07, 6.45) is 1.89. The molecule has 0 atom stereocenters. The van der Waals surface area contributed by atoms with Crippen molar-refractivity contribution in [2.45, 2.75) is 26.3 Å². The van der Waals surface area contributed by atoms with Crippen LogP contribution >= 0.6 is 0 Å². The molecule has 2 aromatic heterocycles. The third-order valence-electron chi connectivity index (χ3n) is 9.21. The third kappa shape index (κ3) is 5.94. The van der Waals surface area contributed by atoms with Crippen LogP contribution in [0, 0.1) is 12.1 Å². The van der Waals surface area contributed by atoms with E-state index in [1.165, 1.54) is 11.1 Å². The minimum absolute atomic E-state index is 0. The van der Waals surface area contributed by atoms with Crippen molar-refractivity contribution in [2.75, 3.05) is 10.1 Å². The van der Waals surface area contributed by atoms with Crippen molar-refractivity contribution in [2.24, 2.45) is 0 Å². The van der Waals surface area contributed by atoms with Crippen LogP contribution in [-0.2, 0) is 21.1 Å². The molecule has 6 nitrogen and oxygen atoms in total. The first kappa shape index (κ1) is 33.5. The number of fused-ring (bicyclic) bond motifs is 4. The van der Waals surface area contributed by atoms with E-state index in [0.29, 0.717) is 11.5 Å². The molecular formula is C45H35N4O2Pt-. The summed E-state index contributed by atoms with van der Waals surface area (Å²) >= 11 is 0. The van der Waals surface area contributed by atoms with Crippen molar-refractivity contribution in [3.05, 3.63) is 164 Å². The van der Waals surface area contributed by atoms with Gasteiger partial charge >= 0.3 is 0 Å². The Balaban J connectivity index is 0.00000387. The molecule has 0 saturated carbocycles. The standard InChI is InChI=1S/C45H34N4O2.Pt/c1-45(2,3)49-42-23-12-11-22-41(42)48(51-49)33-16-13-17-34(29-33)50-35-24-25-39-38-20-9-10-21-40(38)47(43(39)30-35)44-28-32(26-27-46-44)37-19-8-7-18-36(37)31-14-5-4-6-15-31;/h4-28H,1-3H3;/q-2;/p+1. The van der Waals surface area contributed by atoms with E-state index in [1.807, 2.05) is 58.8 Å². The molecule has 0 unspecified atom stereocenters. The van der Waals surface area contributed by atoms with Crippen LogP contribution < -0.4 is 14.9 Å². The first-order valence-corrected chi connectivity index (χ1v) is 17.1. The van der Waals surface area contributed by atoms with Crippen molar-refractivity contribution in [3.8, 4) is 39.6 Å². The monoisotopic (exact) mass is 858 g/mol. The van der Waals surface area contributed by atoms with E-state index in [2.05, 4.69) is 141 Å². The van der Waals surface area contributed by atoms with Gasteiger partial charge in [-0.1, -0.05) is 90.4 Å². The van der Waals surface area contributed by atoms with Crippen LogP contribution in [-0.4, -0.2) is 20.0 Å². The largest absolute Gasteiger partial charge is 0.509 e. The second kappa shape index (κ2) is 13.5. The molecule has 0 fully saturated rings. The first-order valence-electron chi connectivity index (χ1n) is 17.1. The Labute approximate surface area is 317 Å². The zero-order valence-corrected chi connectivity index (χ0v) is 31.2. The van der Waals surface area contributed by atoms with Gasteiger partial charge in [-0.05, 0) is 78.7 Å². The average molecular weight is 859 g/mol. The van der Waals surface area contributed by atoms with E-state index in [0.717, 1.165) is 55.8 Å². The van der Waals surface area contributed by atoms with Gasteiger partial charge in [0.05, 0.1) is 0 Å². The fourth-order valence-electron chi connectivity index (χ4n) is 6.90. The number of rotatable bonds is 6. The topological polar surface area (TPSA) is 46.3 Å². The molecule has 8 aromatic rings. The van der Waals surface area contributed by atoms with E-state index in [1.54, 1.807) is 0 Å². The van der Waals surface area contributed by atoms with Gasteiger partial charge in [-0.15, -0.1) is 45.8 Å². The second-order valence-electron chi connectivity index (χ2n) is 13.6. The molecule has 6 aromatic carbocycles. The number of hydroxylamine groups is 1. The van der Waals surface area contributed by atoms with Crippen molar-refractivity contribution in [1.29, 1.82) is 0 Å². The van der Waals surface area contributed by atoms with Gasteiger partial charge in [-0.3, -0.25) is 0 Å². The van der Waals surface area contributed by atoms with E-state index < -0.39 is 0 Å². The first-order chi connectivity index (χ1) is 24.9. The summed E-state index contributed by atoms with van der Waals surface area (Å²) in [5, 5.41) is 6.17. The number of anilines is 3. The maximum Gasteiger partial charge on any atom is 0.145 e. The van der Waals surface area contributed by atoms with Crippen LogP contribution in [0.15, 0.2) is 152 Å². The molecule has 9 rings (SSSR count). The molecule has 1 N–H and O–H groups in total. The molecule has 1 aliphatic rings. The molecule has 3 heterocycles. The minimum atomic E-state index is -0.193. The van der Waals surface area contributed by atoms with Gasteiger partial charge in [0.25, 0.3) is 0 Å². The van der Waals surface area contributed by atoms with Gasteiger partial charge in [0.1, 0.15) is 22.7 Å². The molecule has 7 heteroatoms. The maximum absolute atomic E-state index is 6.49.